The Hall–Kier alpha value is -10.7. The number of halogens is 13. The van der Waals surface area contributed by atoms with Crippen LogP contribution < -0.4 is 20.9 Å². The summed E-state index contributed by atoms with van der Waals surface area (Å²) >= 11 is 22.6. The van der Waals surface area contributed by atoms with E-state index in [1.54, 1.807) is 50.2 Å². The minimum Gasteiger partial charge on any atom is -0.369 e. The van der Waals surface area contributed by atoms with Crippen LogP contribution in [0.5, 0.6) is 0 Å². The highest BCUT2D eigenvalue weighted by molar-refractivity contribution is 9.10. The number of alkyl halides is 9. The van der Waals surface area contributed by atoms with Crippen molar-refractivity contribution in [3.05, 3.63) is 259 Å². The highest BCUT2D eigenvalue weighted by Gasteiger charge is 2.34. The molecular formula is C97H101BrCl3F9N16. The number of hydrogen-bond acceptors (Lipinski definition) is 16. The smallest absolute Gasteiger partial charge is 0.369 e. The first kappa shape index (κ1) is 96.0. The Morgan fingerprint density at radius 2 is 0.722 bits per heavy atom. The Morgan fingerprint density at radius 3 is 1.24 bits per heavy atom. The fourth-order valence-electron chi connectivity index (χ4n) is 14.2. The standard InChI is InChI=1S/C28H28ClF3N4.C25H24Cl2N4.C23H26BrF3N4.C21H23F3N4/c1-18-14-21(17-22(15-18)28(30,31)32)19-8-5-9-20(16-19)26-33-25-23(10-6-11-24(25)29)27(34-26)36(4)13-7-12-35(2)3;1-31(2)15-7-14-28-25-20-11-6-13-22(27)23(20)29-24(30-25)18-9-5-8-17(16-18)19-10-3-4-12-21(19)26;1-4-31(5-2)11-7-10-28-22-19-9-6-8-15(3)20(19)29-21(30-22)16-12-17(23(25,26)27)14-18(24)13-16;1-13-10-15(12-16(11-13)21(22,23)24)19-26-18-14(2)6-5-7-17(18)20(27-19)25-8-9-28(3)4/h5-6,8-11,14-17H,7,12-13H2,1-4H3;3-6,8-13,16H,7,14-15H2,1-2H3,(H,28,29,30);6,8-9,12-14H,4-5,7,10-11H2,1-3H3,(H,28,29,30);5-7,10-12H,8-9H2,1-4H3,(H,25,26,27). The van der Waals surface area contributed by atoms with Crippen LogP contribution >= 0.6 is 50.7 Å². The fourth-order valence-corrected chi connectivity index (χ4v) is 15.4. The molecule has 4 aromatic heterocycles. The first-order chi connectivity index (χ1) is 59.9. The first-order valence-electron chi connectivity index (χ1n) is 41.2. The predicted octanol–water partition coefficient (Wildman–Crippen LogP) is 25.4. The molecule has 14 aromatic rings. The molecule has 0 saturated carbocycles. The maximum absolute atomic E-state index is 13.4. The number of benzene rings is 10. The summed E-state index contributed by atoms with van der Waals surface area (Å²) in [4.78, 5) is 48.4. The van der Waals surface area contributed by atoms with Gasteiger partial charge in [0.25, 0.3) is 0 Å². The van der Waals surface area contributed by atoms with E-state index in [0.29, 0.717) is 100 Å². The van der Waals surface area contributed by atoms with Crippen LogP contribution in [-0.2, 0) is 18.5 Å². The van der Waals surface area contributed by atoms with Gasteiger partial charge in [0.2, 0.25) is 0 Å². The van der Waals surface area contributed by atoms with Gasteiger partial charge in [-0.1, -0.05) is 162 Å². The van der Waals surface area contributed by atoms with Crippen molar-refractivity contribution in [2.75, 3.05) is 136 Å². The van der Waals surface area contributed by atoms with Crippen LogP contribution in [0.2, 0.25) is 15.1 Å². The topological polar surface area (TPSA) is 155 Å². The Bertz CT molecular complexity index is 6110. The van der Waals surface area contributed by atoms with Gasteiger partial charge in [0, 0.05) is 98.6 Å². The molecule has 14 rings (SSSR count). The van der Waals surface area contributed by atoms with Crippen LogP contribution in [-0.4, -0.2) is 174 Å². The van der Waals surface area contributed by atoms with Crippen LogP contribution in [0.15, 0.2) is 205 Å². The zero-order valence-corrected chi connectivity index (χ0v) is 76.3. The largest absolute Gasteiger partial charge is 0.416 e. The molecule has 29 heteroatoms. The summed E-state index contributed by atoms with van der Waals surface area (Å²) in [6, 6.07) is 57.9. The summed E-state index contributed by atoms with van der Waals surface area (Å²) in [5, 5.41) is 15.5. The molecule has 0 bridgehead atoms. The van der Waals surface area contributed by atoms with Crippen molar-refractivity contribution in [3.63, 3.8) is 0 Å². The summed E-state index contributed by atoms with van der Waals surface area (Å²) in [7, 11) is 14.2. The second-order valence-corrected chi connectivity index (χ2v) is 33.6. The van der Waals surface area contributed by atoms with E-state index < -0.39 is 35.2 Å². The van der Waals surface area contributed by atoms with E-state index in [4.69, 9.17) is 54.7 Å². The van der Waals surface area contributed by atoms with E-state index in [9.17, 15) is 39.5 Å². The molecule has 0 unspecified atom stereocenters. The van der Waals surface area contributed by atoms with Crippen molar-refractivity contribution in [1.82, 2.24) is 59.5 Å². The van der Waals surface area contributed by atoms with Gasteiger partial charge >= 0.3 is 18.5 Å². The molecular weight excluding hydrogens is 1750 g/mol. The van der Waals surface area contributed by atoms with Gasteiger partial charge in [-0.3, -0.25) is 0 Å². The number of rotatable bonds is 27. The molecule has 0 aliphatic rings. The average Bonchev–Trinajstić information content (AvgIpc) is 0.802. The minimum absolute atomic E-state index is 0.264. The molecule has 126 heavy (non-hydrogen) atoms. The van der Waals surface area contributed by atoms with E-state index >= 15 is 0 Å². The van der Waals surface area contributed by atoms with Crippen molar-refractivity contribution in [1.29, 1.82) is 0 Å². The first-order valence-corrected chi connectivity index (χ1v) is 43.1. The summed E-state index contributed by atoms with van der Waals surface area (Å²) < 4.78 is 120. The molecule has 0 amide bonds. The van der Waals surface area contributed by atoms with E-state index in [1.807, 2.05) is 175 Å². The SMILES string of the molecule is CCN(CC)CCCNc1nc(-c2cc(Br)cc(C(F)(F)F)c2)nc2c(C)cccc12.CN(C)CCCNc1nc(-c2cccc(-c3ccccc3Cl)c2)nc2c(Cl)cccc12.Cc1cc(-c2cccc(-c3nc(N(C)CCCN(C)C)c4cccc(Cl)c4n3)c2)cc(C(F)(F)F)c1.Cc1cc(-c2nc(NCCN(C)C)c3cccc(C)c3n2)cc(C(F)(F)F)c1. The van der Waals surface area contributed by atoms with Gasteiger partial charge in [0.1, 0.15) is 23.3 Å². The number of fused-ring (bicyclic) bond motifs is 4. The second kappa shape index (κ2) is 43.2. The number of likely N-dealkylation sites (N-methyl/N-ethyl adjacent to an activating group) is 1. The molecule has 10 aromatic carbocycles. The lowest BCUT2D eigenvalue weighted by Gasteiger charge is -2.22. The van der Waals surface area contributed by atoms with Gasteiger partial charge in [0.05, 0.1) is 48.8 Å². The third kappa shape index (κ3) is 25.6. The van der Waals surface area contributed by atoms with Crippen molar-refractivity contribution in [2.45, 2.75) is 79.3 Å². The van der Waals surface area contributed by atoms with E-state index in [0.717, 1.165) is 180 Å². The number of nitrogens with one attached hydrogen (secondary N) is 3. The van der Waals surface area contributed by atoms with E-state index in [2.05, 4.69) is 105 Å². The van der Waals surface area contributed by atoms with E-state index in [-0.39, 0.29) is 11.6 Å². The van der Waals surface area contributed by atoms with Crippen LogP contribution in [0.25, 0.3) is 111 Å². The van der Waals surface area contributed by atoms with Gasteiger partial charge in [-0.15, -0.1) is 0 Å². The van der Waals surface area contributed by atoms with E-state index in [1.165, 1.54) is 6.07 Å². The zero-order chi connectivity index (χ0) is 90.9. The highest BCUT2D eigenvalue weighted by Crippen LogP contribution is 2.41. The minimum atomic E-state index is -4.45. The summed E-state index contributed by atoms with van der Waals surface area (Å²) in [6.45, 7) is 20.1. The Kier molecular flexibility index (Phi) is 32.9. The quantitative estimate of drug-likeness (QED) is 0.0330. The molecule has 0 aliphatic heterocycles. The third-order valence-electron chi connectivity index (χ3n) is 20.7. The molecule has 16 nitrogen and oxygen atoms in total. The van der Waals surface area contributed by atoms with Crippen molar-refractivity contribution in [3.8, 4) is 67.8 Å². The van der Waals surface area contributed by atoms with Crippen molar-refractivity contribution in [2.24, 2.45) is 0 Å². The number of hydrogen-bond donors (Lipinski definition) is 3. The lowest BCUT2D eigenvalue weighted by atomic mass is 9.98. The Morgan fingerprint density at radius 1 is 0.333 bits per heavy atom. The molecule has 4 heterocycles. The molecule has 0 fully saturated rings. The summed E-state index contributed by atoms with van der Waals surface area (Å²) in [5.41, 5.74) is 9.12. The van der Waals surface area contributed by atoms with Gasteiger partial charge < -0.3 is 40.4 Å². The second-order valence-electron chi connectivity index (χ2n) is 31.5. The summed E-state index contributed by atoms with van der Waals surface area (Å²) in [6.07, 6.45) is -10.4. The molecule has 0 spiro atoms. The molecule has 0 atom stereocenters. The molecule has 0 saturated heterocycles. The maximum atomic E-state index is 13.4. The molecule has 3 N–H and O–H groups in total. The van der Waals surface area contributed by atoms with Crippen LogP contribution in [0.4, 0.5) is 62.8 Å². The third-order valence-corrected chi connectivity index (χ3v) is 22.1. The molecule has 660 valence electrons. The zero-order valence-electron chi connectivity index (χ0n) is 72.5. The van der Waals surface area contributed by atoms with Gasteiger partial charge in [-0.25, -0.2) is 39.9 Å². The maximum Gasteiger partial charge on any atom is 0.416 e. The number of anilines is 4. The summed E-state index contributed by atoms with van der Waals surface area (Å²) in [5.74, 6) is 4.46. The van der Waals surface area contributed by atoms with Gasteiger partial charge in [-0.2, -0.15) is 39.5 Å². The fraction of sp³-hybridized carbons (Fsp3) is 0.299. The van der Waals surface area contributed by atoms with Gasteiger partial charge in [0.15, 0.2) is 23.3 Å². The van der Waals surface area contributed by atoms with Crippen molar-refractivity contribution < 1.29 is 39.5 Å². The van der Waals surface area contributed by atoms with Crippen LogP contribution in [0.1, 0.15) is 72.1 Å². The highest BCUT2D eigenvalue weighted by atomic mass is 79.9. The van der Waals surface area contributed by atoms with Gasteiger partial charge in [-0.05, 0) is 264 Å². The molecule has 0 aliphatic carbocycles. The van der Waals surface area contributed by atoms with Crippen molar-refractivity contribution >= 4 is 118 Å². The average molecular weight is 1850 g/mol. The monoisotopic (exact) mass is 1840 g/mol. The van der Waals surface area contributed by atoms with Crippen LogP contribution in [0, 0.1) is 27.7 Å². The number of para-hydroxylation sites is 4. The molecule has 0 radical (unpaired) electrons. The predicted molar refractivity (Wildman–Crippen MR) is 503 cm³/mol. The number of aromatic nitrogens is 8. The lowest BCUT2D eigenvalue weighted by molar-refractivity contribution is -0.138. The lowest BCUT2D eigenvalue weighted by Crippen LogP contribution is -2.25. The normalized spacial score (nSPS) is 11.8. The number of aryl methyl sites for hydroxylation is 4. The van der Waals surface area contributed by atoms with Crippen LogP contribution in [0.3, 0.4) is 0 Å². The number of nitrogens with zero attached hydrogens (tertiary/aromatic N) is 13. The Balaban J connectivity index is 0.000000164. The Labute approximate surface area is 753 Å².